The van der Waals surface area contributed by atoms with E-state index in [0.717, 1.165) is 37.6 Å². The second-order valence-corrected chi connectivity index (χ2v) is 6.91. The third-order valence-electron chi connectivity index (χ3n) is 4.14. The lowest BCUT2D eigenvalue weighted by Gasteiger charge is -2.21. The highest BCUT2D eigenvalue weighted by Crippen LogP contribution is 2.24. The molecule has 0 saturated carbocycles. The average Bonchev–Trinajstić information content (AvgIpc) is 3.12. The molecule has 1 aliphatic rings. The SMILES string of the molecule is CN=C(NCCCc1nc(C)cs1)N1CC(C)C(C(=O)OC)C1.I. The number of hydrogen-bond acceptors (Lipinski definition) is 5. The van der Waals surface area contributed by atoms with Crippen molar-refractivity contribution in [3.63, 3.8) is 0 Å². The monoisotopic (exact) mass is 466 g/mol. The Labute approximate surface area is 165 Å². The van der Waals surface area contributed by atoms with Crippen LogP contribution in [0.2, 0.25) is 0 Å². The minimum absolute atomic E-state index is 0. The molecule has 1 saturated heterocycles. The van der Waals surface area contributed by atoms with E-state index in [-0.39, 0.29) is 41.8 Å². The van der Waals surface area contributed by atoms with E-state index in [0.29, 0.717) is 6.54 Å². The van der Waals surface area contributed by atoms with E-state index in [1.54, 1.807) is 18.4 Å². The average molecular weight is 466 g/mol. The number of hydrogen-bond donors (Lipinski definition) is 1. The van der Waals surface area contributed by atoms with E-state index >= 15 is 0 Å². The van der Waals surface area contributed by atoms with Crippen LogP contribution in [-0.2, 0) is 16.0 Å². The van der Waals surface area contributed by atoms with Gasteiger partial charge in [-0.1, -0.05) is 6.92 Å². The lowest BCUT2D eigenvalue weighted by Crippen LogP contribution is -2.41. The predicted molar refractivity (Wildman–Crippen MR) is 108 cm³/mol. The van der Waals surface area contributed by atoms with Crippen molar-refractivity contribution >= 4 is 47.2 Å². The van der Waals surface area contributed by atoms with Crippen LogP contribution in [0.3, 0.4) is 0 Å². The Morgan fingerprint density at radius 2 is 2.29 bits per heavy atom. The summed E-state index contributed by atoms with van der Waals surface area (Å²) in [6.07, 6.45) is 1.99. The van der Waals surface area contributed by atoms with Gasteiger partial charge in [-0.05, 0) is 19.3 Å². The molecule has 1 aliphatic heterocycles. The fourth-order valence-corrected chi connectivity index (χ4v) is 3.71. The number of carbonyl (C=O) groups is 1. The van der Waals surface area contributed by atoms with Gasteiger partial charge in [0.2, 0.25) is 0 Å². The molecule has 136 valence electrons. The first-order chi connectivity index (χ1) is 11.0. The second kappa shape index (κ2) is 10.2. The summed E-state index contributed by atoms with van der Waals surface area (Å²) in [5.74, 6) is 0.935. The standard InChI is InChI=1S/C16H26N4O2S.HI/c1-11-8-20(9-13(11)15(21)22-4)16(17-3)18-7-5-6-14-19-12(2)10-23-14;/h10-11,13H,5-9H2,1-4H3,(H,17,18);1H. The van der Waals surface area contributed by atoms with Crippen molar-refractivity contribution in [2.45, 2.75) is 26.7 Å². The molecule has 1 N–H and O–H groups in total. The van der Waals surface area contributed by atoms with Gasteiger partial charge in [-0.25, -0.2) is 4.98 Å². The molecule has 2 rings (SSSR count). The highest BCUT2D eigenvalue weighted by molar-refractivity contribution is 14.0. The quantitative estimate of drug-likeness (QED) is 0.237. The van der Waals surface area contributed by atoms with Crippen LogP contribution in [0.4, 0.5) is 0 Å². The third kappa shape index (κ3) is 5.58. The molecule has 0 amide bonds. The molecule has 6 nitrogen and oxygen atoms in total. The molecule has 0 radical (unpaired) electrons. The maximum atomic E-state index is 11.8. The first-order valence-electron chi connectivity index (χ1n) is 7.99. The lowest BCUT2D eigenvalue weighted by molar-refractivity contribution is -0.145. The minimum Gasteiger partial charge on any atom is -0.469 e. The summed E-state index contributed by atoms with van der Waals surface area (Å²) >= 11 is 1.71. The Bertz CT molecular complexity index is 564. The van der Waals surface area contributed by atoms with Crippen molar-refractivity contribution in [1.29, 1.82) is 0 Å². The molecule has 2 unspecified atom stereocenters. The van der Waals surface area contributed by atoms with Crippen LogP contribution >= 0.6 is 35.3 Å². The molecule has 0 aromatic carbocycles. The minimum atomic E-state index is -0.130. The molecule has 0 spiro atoms. The summed E-state index contributed by atoms with van der Waals surface area (Å²) in [4.78, 5) is 22.7. The number of carbonyl (C=O) groups excluding carboxylic acids is 1. The number of nitrogens with one attached hydrogen (secondary N) is 1. The van der Waals surface area contributed by atoms with E-state index in [9.17, 15) is 4.79 Å². The molecule has 2 heterocycles. The van der Waals surface area contributed by atoms with Gasteiger partial charge in [0.15, 0.2) is 5.96 Å². The summed E-state index contributed by atoms with van der Waals surface area (Å²) in [6.45, 7) is 6.44. The van der Waals surface area contributed by atoms with Crippen LogP contribution < -0.4 is 5.32 Å². The molecule has 1 fully saturated rings. The lowest BCUT2D eigenvalue weighted by atomic mass is 9.99. The number of halogens is 1. The summed E-state index contributed by atoms with van der Waals surface area (Å²) in [5, 5.41) is 6.65. The van der Waals surface area contributed by atoms with Crippen molar-refractivity contribution in [1.82, 2.24) is 15.2 Å². The van der Waals surface area contributed by atoms with Crippen molar-refractivity contribution in [3.8, 4) is 0 Å². The smallest absolute Gasteiger partial charge is 0.310 e. The third-order valence-corrected chi connectivity index (χ3v) is 5.17. The number of nitrogens with zero attached hydrogens (tertiary/aromatic N) is 3. The van der Waals surface area contributed by atoms with E-state index in [2.05, 4.69) is 32.5 Å². The topological polar surface area (TPSA) is 66.8 Å². The molecule has 1 aromatic rings. The Morgan fingerprint density at radius 1 is 1.54 bits per heavy atom. The first-order valence-corrected chi connectivity index (χ1v) is 8.87. The zero-order chi connectivity index (χ0) is 16.8. The number of aliphatic imine (C=N–C) groups is 1. The number of likely N-dealkylation sites (tertiary alicyclic amines) is 1. The highest BCUT2D eigenvalue weighted by atomic mass is 127. The summed E-state index contributed by atoms with van der Waals surface area (Å²) in [7, 11) is 3.23. The summed E-state index contributed by atoms with van der Waals surface area (Å²) < 4.78 is 4.88. The van der Waals surface area contributed by atoms with E-state index in [4.69, 9.17) is 4.74 Å². The van der Waals surface area contributed by atoms with Crippen LogP contribution in [0, 0.1) is 18.8 Å². The molecule has 1 aromatic heterocycles. The van der Waals surface area contributed by atoms with Crippen molar-refractivity contribution in [2.75, 3.05) is 33.8 Å². The van der Waals surface area contributed by atoms with Crippen molar-refractivity contribution in [3.05, 3.63) is 16.1 Å². The molecule has 8 heteroatoms. The molecular formula is C16H27IN4O2S. The second-order valence-electron chi connectivity index (χ2n) is 5.97. The normalized spacial score (nSPS) is 20.7. The number of aromatic nitrogens is 1. The number of rotatable bonds is 5. The summed E-state index contributed by atoms with van der Waals surface area (Å²) in [6, 6.07) is 0. The maximum Gasteiger partial charge on any atom is 0.310 e. The Hall–Kier alpha value is -0.900. The van der Waals surface area contributed by atoms with Gasteiger partial charge in [-0.15, -0.1) is 35.3 Å². The van der Waals surface area contributed by atoms with Gasteiger partial charge in [-0.3, -0.25) is 9.79 Å². The van der Waals surface area contributed by atoms with Gasteiger partial charge in [-0.2, -0.15) is 0 Å². The first kappa shape index (κ1) is 21.1. The largest absolute Gasteiger partial charge is 0.469 e. The van der Waals surface area contributed by atoms with Gasteiger partial charge in [0, 0.05) is 44.2 Å². The maximum absolute atomic E-state index is 11.8. The predicted octanol–water partition coefficient (Wildman–Crippen LogP) is 2.32. The zero-order valence-corrected chi connectivity index (χ0v) is 17.9. The van der Waals surface area contributed by atoms with Gasteiger partial charge in [0.05, 0.1) is 18.0 Å². The number of guanidine groups is 1. The number of methoxy groups -OCH3 is 1. The van der Waals surface area contributed by atoms with E-state index in [1.165, 1.54) is 12.1 Å². The number of esters is 1. The van der Waals surface area contributed by atoms with Crippen LogP contribution in [-0.4, -0.2) is 55.6 Å². The van der Waals surface area contributed by atoms with Crippen molar-refractivity contribution in [2.24, 2.45) is 16.8 Å². The highest BCUT2D eigenvalue weighted by Gasteiger charge is 2.36. The van der Waals surface area contributed by atoms with Gasteiger partial charge in [0.1, 0.15) is 0 Å². The molecule has 2 atom stereocenters. The number of aryl methyl sites for hydroxylation is 2. The molecule has 0 bridgehead atoms. The number of ether oxygens (including phenoxy) is 1. The van der Waals surface area contributed by atoms with E-state index < -0.39 is 0 Å². The Balaban J connectivity index is 0.00000288. The summed E-state index contributed by atoms with van der Waals surface area (Å²) in [5.41, 5.74) is 1.09. The molecule has 24 heavy (non-hydrogen) atoms. The van der Waals surface area contributed by atoms with Gasteiger partial charge >= 0.3 is 5.97 Å². The van der Waals surface area contributed by atoms with Crippen LogP contribution in [0.25, 0.3) is 0 Å². The van der Waals surface area contributed by atoms with E-state index in [1.807, 2.05) is 6.92 Å². The van der Waals surface area contributed by atoms with Crippen LogP contribution in [0.1, 0.15) is 24.0 Å². The molecular weight excluding hydrogens is 439 g/mol. The van der Waals surface area contributed by atoms with Gasteiger partial charge in [0.25, 0.3) is 0 Å². The van der Waals surface area contributed by atoms with Crippen LogP contribution in [0.5, 0.6) is 0 Å². The van der Waals surface area contributed by atoms with Crippen molar-refractivity contribution < 1.29 is 9.53 Å². The number of thiazole rings is 1. The fourth-order valence-electron chi connectivity index (χ4n) is 2.89. The Morgan fingerprint density at radius 3 is 2.88 bits per heavy atom. The van der Waals surface area contributed by atoms with Gasteiger partial charge < -0.3 is 15.0 Å². The fraction of sp³-hybridized carbons (Fsp3) is 0.688. The Kier molecular flexibility index (Phi) is 8.96. The zero-order valence-electron chi connectivity index (χ0n) is 14.7. The van der Waals surface area contributed by atoms with Crippen LogP contribution in [0.15, 0.2) is 10.4 Å². The molecule has 0 aliphatic carbocycles.